The van der Waals surface area contributed by atoms with Crippen LogP contribution in [0.5, 0.6) is 0 Å². The Labute approximate surface area is 253 Å². The number of para-hydroxylation sites is 1. The molecule has 0 radical (unpaired) electrons. The summed E-state index contributed by atoms with van der Waals surface area (Å²) in [6.45, 7) is 5.82. The highest BCUT2D eigenvalue weighted by molar-refractivity contribution is 6.31. The molecule has 5 aromatic rings. The lowest BCUT2D eigenvalue weighted by Gasteiger charge is -2.16. The second kappa shape index (κ2) is 12.5. The van der Waals surface area contributed by atoms with Crippen LogP contribution in [-0.2, 0) is 24.4 Å². The standard InChI is InChI=1S/C34H31ClN4O4/c1-21-16-22(2)31(23(3)17-21)37-30(40)20-38-29-11-7-5-9-27(29)33(42)39(34(38)43)19-24-12-14-25(15-13-24)32(41)36-18-26-8-4-6-10-28(26)35/h4-17H,18-20H2,1-3H3,(H,36,41)(H,37,40). The van der Waals surface area contributed by atoms with Crippen LogP contribution in [0.4, 0.5) is 5.69 Å². The molecule has 0 unspecified atom stereocenters. The summed E-state index contributed by atoms with van der Waals surface area (Å²) in [5.74, 6) is -0.651. The van der Waals surface area contributed by atoms with Gasteiger partial charge in [0.25, 0.3) is 11.5 Å². The summed E-state index contributed by atoms with van der Waals surface area (Å²) >= 11 is 6.18. The number of benzene rings is 4. The second-order valence-corrected chi connectivity index (χ2v) is 11.0. The first-order valence-electron chi connectivity index (χ1n) is 13.8. The van der Waals surface area contributed by atoms with E-state index in [9.17, 15) is 19.2 Å². The number of fused-ring (bicyclic) bond motifs is 1. The largest absolute Gasteiger partial charge is 0.348 e. The number of rotatable bonds is 8. The average Bonchev–Trinajstić information content (AvgIpc) is 2.99. The quantitative estimate of drug-likeness (QED) is 0.252. The molecule has 1 aromatic heterocycles. The molecule has 0 spiro atoms. The summed E-state index contributed by atoms with van der Waals surface area (Å²) in [7, 11) is 0. The number of amides is 2. The van der Waals surface area contributed by atoms with E-state index in [-0.39, 0.29) is 31.4 Å². The molecule has 9 heteroatoms. The van der Waals surface area contributed by atoms with E-state index in [4.69, 9.17) is 11.6 Å². The molecule has 2 amide bonds. The Kier molecular flexibility index (Phi) is 8.59. The molecule has 0 atom stereocenters. The molecule has 0 aliphatic heterocycles. The fourth-order valence-corrected chi connectivity index (χ4v) is 5.43. The van der Waals surface area contributed by atoms with Crippen LogP contribution in [0.3, 0.4) is 0 Å². The van der Waals surface area contributed by atoms with Crippen molar-refractivity contribution in [3.8, 4) is 0 Å². The normalized spacial score (nSPS) is 11.0. The first-order valence-corrected chi connectivity index (χ1v) is 14.2. The first kappa shape index (κ1) is 29.5. The molecule has 0 saturated carbocycles. The highest BCUT2D eigenvalue weighted by Crippen LogP contribution is 2.22. The van der Waals surface area contributed by atoms with Crippen molar-refractivity contribution in [2.75, 3.05) is 5.32 Å². The lowest BCUT2D eigenvalue weighted by atomic mass is 10.1. The van der Waals surface area contributed by atoms with E-state index in [0.717, 1.165) is 26.8 Å². The van der Waals surface area contributed by atoms with Gasteiger partial charge in [-0.3, -0.25) is 23.5 Å². The lowest BCUT2D eigenvalue weighted by molar-refractivity contribution is -0.116. The van der Waals surface area contributed by atoms with Gasteiger partial charge in [-0.2, -0.15) is 0 Å². The van der Waals surface area contributed by atoms with Crippen molar-refractivity contribution in [1.82, 2.24) is 14.5 Å². The highest BCUT2D eigenvalue weighted by Gasteiger charge is 2.17. The van der Waals surface area contributed by atoms with E-state index in [2.05, 4.69) is 10.6 Å². The SMILES string of the molecule is Cc1cc(C)c(NC(=O)Cn2c(=O)n(Cc3ccc(C(=O)NCc4ccccc4Cl)cc3)c(=O)c3ccccc32)c(C)c1. The molecule has 0 saturated heterocycles. The third-order valence-electron chi connectivity index (χ3n) is 7.33. The number of nitrogens with one attached hydrogen (secondary N) is 2. The lowest BCUT2D eigenvalue weighted by Crippen LogP contribution is -2.42. The van der Waals surface area contributed by atoms with Gasteiger partial charge >= 0.3 is 5.69 Å². The number of hydrogen-bond acceptors (Lipinski definition) is 4. The molecule has 4 aromatic carbocycles. The summed E-state index contributed by atoms with van der Waals surface area (Å²) in [6, 6.07) is 24.7. The van der Waals surface area contributed by atoms with Crippen molar-refractivity contribution < 1.29 is 9.59 Å². The number of carbonyl (C=O) groups is 2. The maximum Gasteiger partial charge on any atom is 0.332 e. The zero-order chi connectivity index (χ0) is 30.7. The molecule has 8 nitrogen and oxygen atoms in total. The molecule has 0 bridgehead atoms. The summed E-state index contributed by atoms with van der Waals surface area (Å²) < 4.78 is 2.44. The van der Waals surface area contributed by atoms with Gasteiger partial charge in [0.2, 0.25) is 5.91 Å². The monoisotopic (exact) mass is 594 g/mol. The molecule has 0 fully saturated rings. The number of aryl methyl sites for hydroxylation is 3. The Morgan fingerprint density at radius 2 is 1.47 bits per heavy atom. The smallest absolute Gasteiger partial charge is 0.332 e. The van der Waals surface area contributed by atoms with Crippen molar-refractivity contribution in [2.45, 2.75) is 40.4 Å². The Morgan fingerprint density at radius 3 is 2.16 bits per heavy atom. The maximum atomic E-state index is 13.7. The average molecular weight is 595 g/mol. The Hall–Kier alpha value is -4.95. The molecule has 5 rings (SSSR count). The van der Waals surface area contributed by atoms with Crippen LogP contribution in [-0.4, -0.2) is 20.9 Å². The highest BCUT2D eigenvalue weighted by atomic mass is 35.5. The zero-order valence-corrected chi connectivity index (χ0v) is 24.9. The Bertz CT molecular complexity index is 1950. The van der Waals surface area contributed by atoms with Gasteiger partial charge in [0, 0.05) is 22.8 Å². The molecule has 0 aliphatic carbocycles. The van der Waals surface area contributed by atoms with Crippen LogP contribution in [0.25, 0.3) is 10.9 Å². The van der Waals surface area contributed by atoms with Crippen LogP contribution in [0.15, 0.2) is 94.5 Å². The summed E-state index contributed by atoms with van der Waals surface area (Å²) in [6.07, 6.45) is 0. The van der Waals surface area contributed by atoms with E-state index >= 15 is 0 Å². The Balaban J connectivity index is 1.39. The fraction of sp³-hybridized carbons (Fsp3) is 0.176. The zero-order valence-electron chi connectivity index (χ0n) is 24.1. The summed E-state index contributed by atoms with van der Waals surface area (Å²) in [5, 5.41) is 6.68. The van der Waals surface area contributed by atoms with Crippen molar-refractivity contribution in [1.29, 1.82) is 0 Å². The first-order chi connectivity index (χ1) is 20.6. The van der Waals surface area contributed by atoms with Crippen molar-refractivity contribution >= 4 is 40.0 Å². The topological polar surface area (TPSA) is 102 Å². The van der Waals surface area contributed by atoms with Crippen LogP contribution >= 0.6 is 11.6 Å². The van der Waals surface area contributed by atoms with E-state index in [1.54, 1.807) is 54.6 Å². The number of carbonyl (C=O) groups excluding carboxylic acids is 2. The molecule has 0 aliphatic rings. The number of nitrogens with zero attached hydrogens (tertiary/aromatic N) is 2. The van der Waals surface area contributed by atoms with Gasteiger partial charge in [0.15, 0.2) is 0 Å². The molecular weight excluding hydrogens is 564 g/mol. The van der Waals surface area contributed by atoms with Crippen LogP contribution in [0.1, 0.15) is 38.2 Å². The third kappa shape index (κ3) is 6.44. The molecule has 43 heavy (non-hydrogen) atoms. The van der Waals surface area contributed by atoms with Crippen LogP contribution in [0, 0.1) is 20.8 Å². The Morgan fingerprint density at radius 1 is 0.814 bits per heavy atom. The van der Waals surface area contributed by atoms with Crippen molar-refractivity contribution in [3.63, 3.8) is 0 Å². The molecule has 218 valence electrons. The van der Waals surface area contributed by atoms with Gasteiger partial charge < -0.3 is 10.6 Å². The van der Waals surface area contributed by atoms with E-state index in [1.165, 1.54) is 4.57 Å². The molecular formula is C34H31ClN4O4. The number of halogens is 1. The van der Waals surface area contributed by atoms with Gasteiger partial charge in [-0.05, 0) is 73.4 Å². The predicted molar refractivity (Wildman–Crippen MR) is 170 cm³/mol. The summed E-state index contributed by atoms with van der Waals surface area (Å²) in [5.41, 5.74) is 4.86. The maximum absolute atomic E-state index is 13.7. The van der Waals surface area contributed by atoms with Gasteiger partial charge in [-0.1, -0.05) is 71.8 Å². The number of hydrogen-bond donors (Lipinski definition) is 2. The second-order valence-electron chi connectivity index (χ2n) is 10.6. The van der Waals surface area contributed by atoms with Crippen molar-refractivity contribution in [2.24, 2.45) is 0 Å². The third-order valence-corrected chi connectivity index (χ3v) is 7.70. The van der Waals surface area contributed by atoms with Gasteiger partial charge in [0.1, 0.15) is 6.54 Å². The number of aromatic nitrogens is 2. The van der Waals surface area contributed by atoms with Crippen LogP contribution in [0.2, 0.25) is 5.02 Å². The predicted octanol–water partition coefficient (Wildman–Crippen LogP) is 5.36. The van der Waals surface area contributed by atoms with Gasteiger partial charge in [0.05, 0.1) is 17.4 Å². The minimum absolute atomic E-state index is 0.0260. The minimum Gasteiger partial charge on any atom is -0.348 e. The summed E-state index contributed by atoms with van der Waals surface area (Å²) in [4.78, 5) is 52.9. The van der Waals surface area contributed by atoms with Gasteiger partial charge in [-0.25, -0.2) is 4.79 Å². The minimum atomic E-state index is -0.599. The molecule has 1 heterocycles. The molecule has 2 N–H and O–H groups in total. The van der Waals surface area contributed by atoms with E-state index < -0.39 is 11.2 Å². The van der Waals surface area contributed by atoms with Gasteiger partial charge in [-0.15, -0.1) is 0 Å². The van der Waals surface area contributed by atoms with E-state index in [1.807, 2.05) is 51.1 Å². The van der Waals surface area contributed by atoms with Crippen LogP contribution < -0.4 is 21.9 Å². The fourth-order valence-electron chi connectivity index (χ4n) is 5.23. The van der Waals surface area contributed by atoms with Crippen molar-refractivity contribution in [3.05, 3.63) is 144 Å². The van der Waals surface area contributed by atoms with E-state index in [0.29, 0.717) is 32.7 Å². The number of anilines is 1.